The molecule has 0 spiro atoms. The molecule has 1 N–H and O–H groups in total. The molecule has 1 fully saturated rings. The lowest BCUT2D eigenvalue weighted by molar-refractivity contribution is -0.274. The lowest BCUT2D eigenvalue weighted by atomic mass is 9.92. The highest BCUT2D eigenvalue weighted by Crippen LogP contribution is 2.37. The van der Waals surface area contributed by atoms with Gasteiger partial charge in [0.2, 0.25) is 5.91 Å². The number of methoxy groups -OCH3 is 1. The molecule has 3 heterocycles. The van der Waals surface area contributed by atoms with Crippen LogP contribution in [0.15, 0.2) is 54.7 Å². The molecule has 208 valence electrons. The third-order valence-corrected chi connectivity index (χ3v) is 6.48. The molecule has 1 aliphatic heterocycles. The van der Waals surface area contributed by atoms with Gasteiger partial charge in [0.05, 0.1) is 12.8 Å². The number of amides is 2. The molecule has 0 bridgehead atoms. The summed E-state index contributed by atoms with van der Waals surface area (Å²) in [6.45, 7) is 1.47. The van der Waals surface area contributed by atoms with Crippen molar-refractivity contribution < 1.29 is 41.0 Å². The van der Waals surface area contributed by atoms with Crippen LogP contribution in [0, 0.1) is 18.6 Å². The summed E-state index contributed by atoms with van der Waals surface area (Å²) in [5, 5.41) is 10.6. The van der Waals surface area contributed by atoms with Crippen LogP contribution in [0.1, 0.15) is 27.7 Å². The predicted molar refractivity (Wildman–Crippen MR) is 130 cm³/mol. The van der Waals surface area contributed by atoms with Crippen LogP contribution in [0.25, 0.3) is 5.65 Å². The van der Waals surface area contributed by atoms with Crippen molar-refractivity contribution in [2.24, 2.45) is 0 Å². The number of halogens is 5. The van der Waals surface area contributed by atoms with Crippen LogP contribution < -0.4 is 19.7 Å². The van der Waals surface area contributed by atoms with Gasteiger partial charge in [0.15, 0.2) is 5.65 Å². The quantitative estimate of drug-likeness (QED) is 0.356. The summed E-state index contributed by atoms with van der Waals surface area (Å²) in [4.78, 5) is 28.0. The molecule has 2 aromatic heterocycles. The Balaban J connectivity index is 1.51. The summed E-state index contributed by atoms with van der Waals surface area (Å²) < 4.78 is 78.2. The van der Waals surface area contributed by atoms with E-state index in [-0.39, 0.29) is 17.9 Å². The first kappa shape index (κ1) is 26.8. The Morgan fingerprint density at radius 3 is 2.35 bits per heavy atom. The van der Waals surface area contributed by atoms with Crippen molar-refractivity contribution in [2.75, 3.05) is 18.6 Å². The van der Waals surface area contributed by atoms with E-state index in [9.17, 15) is 22.8 Å². The van der Waals surface area contributed by atoms with E-state index in [0.29, 0.717) is 17.2 Å². The van der Waals surface area contributed by atoms with E-state index in [1.165, 1.54) is 12.0 Å². The second-order valence-corrected chi connectivity index (χ2v) is 8.92. The molecule has 40 heavy (non-hydrogen) atoms. The third kappa shape index (κ3) is 4.99. The van der Waals surface area contributed by atoms with E-state index in [1.54, 1.807) is 29.7 Å². The van der Waals surface area contributed by atoms with E-state index >= 15 is 8.78 Å². The van der Waals surface area contributed by atoms with Crippen molar-refractivity contribution in [3.05, 3.63) is 83.3 Å². The van der Waals surface area contributed by atoms with Gasteiger partial charge in [-0.2, -0.15) is 0 Å². The summed E-state index contributed by atoms with van der Waals surface area (Å²) >= 11 is 0. The minimum absolute atomic E-state index is 0.0783. The lowest BCUT2D eigenvalue weighted by Gasteiger charge is -2.20. The fraction of sp³-hybridized carbons (Fsp3) is 0.231. The number of alkyl halides is 3. The minimum Gasteiger partial charge on any atom is -0.497 e. The monoisotopic (exact) mass is 561 g/mol. The number of rotatable bonds is 6. The zero-order chi connectivity index (χ0) is 28.8. The highest BCUT2D eigenvalue weighted by molar-refractivity contribution is 6.06. The molecule has 2 atom stereocenters. The first-order valence-electron chi connectivity index (χ1n) is 11.8. The second kappa shape index (κ2) is 10.1. The molecule has 2 aromatic carbocycles. The molecule has 9 nitrogen and oxygen atoms in total. The molecule has 0 aliphatic carbocycles. The van der Waals surface area contributed by atoms with Crippen molar-refractivity contribution in [3.63, 3.8) is 0 Å². The van der Waals surface area contributed by atoms with Gasteiger partial charge < -0.3 is 19.7 Å². The van der Waals surface area contributed by atoms with Gasteiger partial charge in [0.25, 0.3) is 5.91 Å². The Morgan fingerprint density at radius 2 is 1.73 bits per heavy atom. The predicted octanol–water partition coefficient (Wildman–Crippen LogP) is 4.15. The number of ether oxygens (including phenoxy) is 2. The SMILES string of the molecule is COc1cc(F)c([C@@H]2CN(c3cccn4c(C)nnc34)C(=O)C2NC(=O)c2ccc(OC(F)(F)F)cc2)c(F)c1. The van der Waals surface area contributed by atoms with Crippen molar-refractivity contribution in [1.29, 1.82) is 0 Å². The molecule has 4 aromatic rings. The van der Waals surface area contributed by atoms with Crippen LogP contribution in [0.2, 0.25) is 0 Å². The summed E-state index contributed by atoms with van der Waals surface area (Å²) in [5.41, 5.74) is 0.0682. The summed E-state index contributed by atoms with van der Waals surface area (Å²) in [6, 6.07) is 7.71. The van der Waals surface area contributed by atoms with Crippen LogP contribution in [0.4, 0.5) is 27.6 Å². The standard InChI is InChI=1S/C26H20F5N5O4/c1-13-33-34-23-20(4-3-9-35(13)23)36-12-17(21-18(27)10-16(39-2)11-19(21)28)22(25(36)38)32-24(37)14-5-7-15(8-6-14)40-26(29,30)31/h3-11,17,22H,12H2,1-2H3,(H,32,37)/t17-,22?/m0/s1. The van der Waals surface area contributed by atoms with Crippen LogP contribution in [0.3, 0.4) is 0 Å². The Morgan fingerprint density at radius 1 is 1.05 bits per heavy atom. The zero-order valence-electron chi connectivity index (χ0n) is 20.9. The highest BCUT2D eigenvalue weighted by Gasteiger charge is 2.46. The molecular weight excluding hydrogens is 541 g/mol. The Bertz CT molecular complexity index is 1580. The van der Waals surface area contributed by atoms with Gasteiger partial charge in [0, 0.05) is 41.9 Å². The number of hydrogen-bond acceptors (Lipinski definition) is 6. The van der Waals surface area contributed by atoms with Crippen molar-refractivity contribution in [3.8, 4) is 11.5 Å². The minimum atomic E-state index is -4.92. The average Bonchev–Trinajstić information content (AvgIpc) is 3.43. The molecule has 1 aliphatic rings. The molecule has 0 saturated carbocycles. The number of aromatic nitrogens is 3. The molecule has 2 amide bonds. The van der Waals surface area contributed by atoms with Gasteiger partial charge in [-0.1, -0.05) is 0 Å². The number of nitrogens with zero attached hydrogens (tertiary/aromatic N) is 4. The fourth-order valence-corrected chi connectivity index (χ4v) is 4.66. The number of fused-ring (bicyclic) bond motifs is 1. The topological polar surface area (TPSA) is 98.1 Å². The molecule has 1 saturated heterocycles. The van der Waals surface area contributed by atoms with E-state index in [0.717, 1.165) is 36.4 Å². The molecule has 0 radical (unpaired) electrons. The first-order chi connectivity index (χ1) is 19.0. The summed E-state index contributed by atoms with van der Waals surface area (Å²) in [7, 11) is 1.24. The third-order valence-electron chi connectivity index (χ3n) is 6.48. The zero-order valence-corrected chi connectivity index (χ0v) is 20.9. The Labute approximate surface area is 223 Å². The van der Waals surface area contributed by atoms with Crippen molar-refractivity contribution in [2.45, 2.75) is 25.2 Å². The smallest absolute Gasteiger partial charge is 0.497 e. The number of aryl methyl sites for hydroxylation is 1. The maximum absolute atomic E-state index is 15.2. The molecule has 5 rings (SSSR count). The fourth-order valence-electron chi connectivity index (χ4n) is 4.66. The van der Waals surface area contributed by atoms with Gasteiger partial charge >= 0.3 is 6.36 Å². The highest BCUT2D eigenvalue weighted by atomic mass is 19.4. The lowest BCUT2D eigenvalue weighted by Crippen LogP contribution is -2.44. The number of nitrogens with one attached hydrogen (secondary N) is 1. The van der Waals surface area contributed by atoms with Gasteiger partial charge in [-0.15, -0.1) is 23.4 Å². The first-order valence-corrected chi connectivity index (χ1v) is 11.8. The second-order valence-electron chi connectivity index (χ2n) is 8.92. The normalized spacial score (nSPS) is 17.4. The number of anilines is 1. The van der Waals surface area contributed by atoms with E-state index in [1.807, 2.05) is 0 Å². The Kier molecular flexibility index (Phi) is 6.77. The molecule has 14 heteroatoms. The number of carbonyl (C=O) groups is 2. The number of carbonyl (C=O) groups excluding carboxylic acids is 2. The largest absolute Gasteiger partial charge is 0.573 e. The van der Waals surface area contributed by atoms with Gasteiger partial charge in [-0.25, -0.2) is 8.78 Å². The maximum Gasteiger partial charge on any atom is 0.573 e. The van der Waals surface area contributed by atoms with Gasteiger partial charge in [-0.3, -0.25) is 14.0 Å². The average molecular weight is 561 g/mol. The molecule has 1 unspecified atom stereocenters. The summed E-state index contributed by atoms with van der Waals surface area (Å²) in [6.07, 6.45) is -3.24. The van der Waals surface area contributed by atoms with Crippen molar-refractivity contribution in [1.82, 2.24) is 19.9 Å². The van der Waals surface area contributed by atoms with Crippen molar-refractivity contribution >= 4 is 23.1 Å². The van der Waals surface area contributed by atoms with Crippen LogP contribution in [-0.2, 0) is 4.79 Å². The van der Waals surface area contributed by atoms with Crippen LogP contribution in [0.5, 0.6) is 11.5 Å². The van der Waals surface area contributed by atoms with Crippen LogP contribution >= 0.6 is 0 Å². The van der Waals surface area contributed by atoms with E-state index in [2.05, 4.69) is 20.3 Å². The number of hydrogen-bond donors (Lipinski definition) is 1. The number of pyridine rings is 1. The van der Waals surface area contributed by atoms with E-state index in [4.69, 9.17) is 4.74 Å². The van der Waals surface area contributed by atoms with Gasteiger partial charge in [0.1, 0.15) is 35.0 Å². The summed E-state index contributed by atoms with van der Waals surface area (Å²) in [5.74, 6) is -4.79. The van der Waals surface area contributed by atoms with E-state index < -0.39 is 53.1 Å². The number of benzene rings is 2. The van der Waals surface area contributed by atoms with Gasteiger partial charge in [-0.05, 0) is 43.3 Å². The molecular formula is C26H20F5N5O4. The maximum atomic E-state index is 15.2. The Hall–Kier alpha value is -4.75. The van der Waals surface area contributed by atoms with Crippen LogP contribution in [-0.4, -0.2) is 52.5 Å².